The molecule has 0 aromatic heterocycles. The van der Waals surface area contributed by atoms with Crippen molar-refractivity contribution in [1.29, 1.82) is 0 Å². The lowest BCUT2D eigenvalue weighted by Gasteiger charge is -2.15. The van der Waals surface area contributed by atoms with Crippen molar-refractivity contribution in [2.24, 2.45) is 0 Å². The van der Waals surface area contributed by atoms with Gasteiger partial charge in [0.05, 0.1) is 12.6 Å². The fourth-order valence-corrected chi connectivity index (χ4v) is 1.59. The van der Waals surface area contributed by atoms with Gasteiger partial charge in [-0.15, -0.1) is 0 Å². The van der Waals surface area contributed by atoms with Gasteiger partial charge in [0.1, 0.15) is 0 Å². The average Bonchev–Trinajstić information content (AvgIpc) is 2.31. The summed E-state index contributed by atoms with van der Waals surface area (Å²) < 4.78 is 5.32. The lowest BCUT2D eigenvalue weighted by Crippen LogP contribution is -2.33. The number of ether oxygens (including phenoxy) is 1. The van der Waals surface area contributed by atoms with E-state index in [0.29, 0.717) is 12.6 Å². The van der Waals surface area contributed by atoms with Crippen molar-refractivity contribution in [3.8, 4) is 0 Å². The Labute approximate surface area is 106 Å². The summed E-state index contributed by atoms with van der Waals surface area (Å²) in [5, 5.41) is 3.14. The summed E-state index contributed by atoms with van der Waals surface area (Å²) in [6, 6.07) is 0.377. The van der Waals surface area contributed by atoms with Crippen molar-refractivity contribution in [2.45, 2.75) is 78.4 Å². The van der Waals surface area contributed by atoms with Gasteiger partial charge in [0, 0.05) is 6.04 Å². The van der Waals surface area contributed by atoms with E-state index >= 15 is 0 Å². The number of rotatable bonds is 10. The van der Waals surface area contributed by atoms with Gasteiger partial charge < -0.3 is 10.1 Å². The van der Waals surface area contributed by atoms with Gasteiger partial charge in [-0.25, -0.2) is 0 Å². The van der Waals surface area contributed by atoms with Gasteiger partial charge in [0.2, 0.25) is 0 Å². The summed E-state index contributed by atoms with van der Waals surface area (Å²) in [7, 11) is 0. The number of carbonyl (C=O) groups excluding carboxylic acids is 1. The lowest BCUT2D eigenvalue weighted by atomic mass is 10.1. The Hall–Kier alpha value is -0.570. The highest BCUT2D eigenvalue weighted by Gasteiger charge is 2.09. The molecular weight excluding hydrogens is 214 g/mol. The SMILES string of the molecule is CCCCCCC(C)OC(=O)CNC(C)CC. The number of hydrogen-bond acceptors (Lipinski definition) is 3. The first kappa shape index (κ1) is 16.4. The van der Waals surface area contributed by atoms with Crippen LogP contribution in [0, 0.1) is 0 Å². The molecule has 0 aliphatic rings. The predicted octanol–water partition coefficient (Wildman–Crippen LogP) is 3.28. The van der Waals surface area contributed by atoms with Gasteiger partial charge in [-0.1, -0.05) is 33.1 Å². The molecule has 17 heavy (non-hydrogen) atoms. The molecule has 0 fully saturated rings. The van der Waals surface area contributed by atoms with Crippen molar-refractivity contribution in [2.75, 3.05) is 6.54 Å². The van der Waals surface area contributed by atoms with Crippen LogP contribution in [0.1, 0.15) is 66.2 Å². The molecule has 0 spiro atoms. The molecule has 0 aromatic rings. The average molecular weight is 243 g/mol. The maximum Gasteiger partial charge on any atom is 0.320 e. The third kappa shape index (κ3) is 10.3. The maximum atomic E-state index is 11.5. The van der Waals surface area contributed by atoms with Crippen LogP contribution in [0.4, 0.5) is 0 Å². The topological polar surface area (TPSA) is 38.3 Å². The molecule has 2 atom stereocenters. The van der Waals surface area contributed by atoms with Crippen molar-refractivity contribution in [1.82, 2.24) is 5.32 Å². The van der Waals surface area contributed by atoms with Gasteiger partial charge in [0.25, 0.3) is 0 Å². The summed E-state index contributed by atoms with van der Waals surface area (Å²) in [5.41, 5.74) is 0. The fourth-order valence-electron chi connectivity index (χ4n) is 1.59. The van der Waals surface area contributed by atoms with Gasteiger partial charge >= 0.3 is 5.97 Å². The van der Waals surface area contributed by atoms with E-state index < -0.39 is 0 Å². The van der Waals surface area contributed by atoms with Crippen LogP contribution in [-0.2, 0) is 9.53 Å². The number of hydrogen-bond donors (Lipinski definition) is 1. The Kier molecular flexibility index (Phi) is 10.2. The van der Waals surface area contributed by atoms with Gasteiger partial charge in [-0.05, 0) is 33.1 Å². The first-order valence-electron chi connectivity index (χ1n) is 7.03. The smallest absolute Gasteiger partial charge is 0.320 e. The Morgan fingerprint density at radius 2 is 1.88 bits per heavy atom. The van der Waals surface area contributed by atoms with E-state index in [1.807, 2.05) is 6.92 Å². The highest BCUT2D eigenvalue weighted by Crippen LogP contribution is 2.07. The molecule has 1 N–H and O–H groups in total. The van der Waals surface area contributed by atoms with Crippen LogP contribution in [0.3, 0.4) is 0 Å². The molecule has 3 heteroatoms. The molecule has 0 bridgehead atoms. The summed E-state index contributed by atoms with van der Waals surface area (Å²) in [5.74, 6) is -0.131. The Morgan fingerprint density at radius 3 is 2.47 bits per heavy atom. The molecule has 0 saturated heterocycles. The zero-order valence-corrected chi connectivity index (χ0v) is 11.9. The van der Waals surface area contributed by atoms with E-state index in [1.165, 1.54) is 19.3 Å². The maximum absolute atomic E-state index is 11.5. The molecule has 0 heterocycles. The molecule has 3 nitrogen and oxygen atoms in total. The van der Waals surface area contributed by atoms with Crippen LogP contribution < -0.4 is 5.32 Å². The Balaban J connectivity index is 3.51. The summed E-state index contributed by atoms with van der Waals surface area (Å²) in [6.07, 6.45) is 6.97. The Bertz CT molecular complexity index is 195. The van der Waals surface area contributed by atoms with Gasteiger partial charge in [-0.2, -0.15) is 0 Å². The molecule has 0 saturated carbocycles. The van der Waals surface area contributed by atoms with E-state index in [0.717, 1.165) is 19.3 Å². The van der Waals surface area contributed by atoms with Crippen molar-refractivity contribution in [3.63, 3.8) is 0 Å². The summed E-state index contributed by atoms with van der Waals surface area (Å²) in [4.78, 5) is 11.5. The van der Waals surface area contributed by atoms with Gasteiger partial charge in [0.15, 0.2) is 0 Å². The second-order valence-electron chi connectivity index (χ2n) is 4.84. The molecular formula is C14H29NO2. The van der Waals surface area contributed by atoms with Crippen LogP contribution in [-0.4, -0.2) is 24.7 Å². The van der Waals surface area contributed by atoms with Crippen LogP contribution in [0.15, 0.2) is 0 Å². The first-order valence-corrected chi connectivity index (χ1v) is 7.03. The van der Waals surface area contributed by atoms with Crippen LogP contribution >= 0.6 is 0 Å². The van der Waals surface area contributed by atoms with Crippen LogP contribution in [0.5, 0.6) is 0 Å². The molecule has 0 rings (SSSR count). The minimum Gasteiger partial charge on any atom is -0.462 e. The van der Waals surface area contributed by atoms with Crippen LogP contribution in [0.25, 0.3) is 0 Å². The van der Waals surface area contributed by atoms with E-state index in [4.69, 9.17) is 4.74 Å². The largest absolute Gasteiger partial charge is 0.462 e. The zero-order valence-electron chi connectivity index (χ0n) is 11.9. The lowest BCUT2D eigenvalue weighted by molar-refractivity contribution is -0.147. The van der Waals surface area contributed by atoms with Crippen molar-refractivity contribution >= 4 is 5.97 Å². The second-order valence-corrected chi connectivity index (χ2v) is 4.84. The third-order valence-corrected chi connectivity index (χ3v) is 3.00. The summed E-state index contributed by atoms with van der Waals surface area (Å²) in [6.45, 7) is 8.67. The normalized spacial score (nSPS) is 14.4. The van der Waals surface area contributed by atoms with Crippen molar-refractivity contribution in [3.05, 3.63) is 0 Å². The second kappa shape index (κ2) is 10.6. The minimum absolute atomic E-state index is 0.0538. The molecule has 0 radical (unpaired) electrons. The van der Waals surface area contributed by atoms with E-state index in [9.17, 15) is 4.79 Å². The zero-order chi connectivity index (χ0) is 13.1. The van der Waals surface area contributed by atoms with Crippen molar-refractivity contribution < 1.29 is 9.53 Å². The van der Waals surface area contributed by atoms with Crippen LogP contribution in [0.2, 0.25) is 0 Å². The van der Waals surface area contributed by atoms with E-state index in [-0.39, 0.29) is 12.1 Å². The number of carbonyl (C=O) groups is 1. The summed E-state index contributed by atoms with van der Waals surface area (Å²) >= 11 is 0. The highest BCUT2D eigenvalue weighted by molar-refractivity contribution is 5.71. The number of unbranched alkanes of at least 4 members (excludes halogenated alkanes) is 3. The quantitative estimate of drug-likeness (QED) is 0.473. The standard InChI is InChI=1S/C14H29NO2/c1-5-7-8-9-10-13(4)17-14(16)11-15-12(3)6-2/h12-13,15H,5-11H2,1-4H3. The van der Waals surface area contributed by atoms with Gasteiger partial charge in [-0.3, -0.25) is 4.79 Å². The molecule has 0 aliphatic heterocycles. The fraction of sp³-hybridized carbons (Fsp3) is 0.929. The molecule has 0 aromatic carbocycles. The third-order valence-electron chi connectivity index (χ3n) is 3.00. The predicted molar refractivity (Wildman–Crippen MR) is 72.1 cm³/mol. The van der Waals surface area contributed by atoms with E-state index in [1.54, 1.807) is 0 Å². The minimum atomic E-state index is -0.131. The number of esters is 1. The highest BCUT2D eigenvalue weighted by atomic mass is 16.5. The molecule has 0 amide bonds. The van der Waals surface area contributed by atoms with E-state index in [2.05, 4.69) is 26.1 Å². The molecule has 0 aliphatic carbocycles. The molecule has 2 unspecified atom stereocenters. The monoisotopic (exact) mass is 243 g/mol. The number of nitrogens with one attached hydrogen (secondary N) is 1. The first-order chi connectivity index (χ1) is 8.10. The Morgan fingerprint density at radius 1 is 1.18 bits per heavy atom. The molecule has 102 valence electrons.